The molecule has 1 aliphatic carbocycles. The predicted octanol–water partition coefficient (Wildman–Crippen LogP) is 4.01. The first kappa shape index (κ1) is 31.4. The molecule has 0 spiro atoms. The molecule has 1 N–H and O–H groups in total. The Morgan fingerprint density at radius 2 is 1.87 bits per heavy atom. The number of hydroxylamine groups is 1. The number of halogens is 2. The van der Waals surface area contributed by atoms with Gasteiger partial charge < -0.3 is 9.80 Å². The molecule has 3 aliphatic rings. The Morgan fingerprint density at radius 1 is 1.13 bits per heavy atom. The van der Waals surface area contributed by atoms with Gasteiger partial charge in [0.2, 0.25) is 5.91 Å². The number of hydrogen-bond acceptors (Lipinski definition) is 9. The highest BCUT2D eigenvalue weighted by atomic mass is 19.1. The zero-order valence-corrected chi connectivity index (χ0v) is 25.4. The Labute approximate surface area is 257 Å². The van der Waals surface area contributed by atoms with Gasteiger partial charge in [0.1, 0.15) is 17.3 Å². The Bertz CT molecular complexity index is 1840. The maximum absolute atomic E-state index is 16.0. The minimum absolute atomic E-state index is 0.00296. The van der Waals surface area contributed by atoms with Gasteiger partial charge in [0.25, 0.3) is 0 Å². The largest absolute Gasteiger partial charge is 0.355 e. The monoisotopic (exact) mass is 618 g/mol. The molecule has 0 unspecified atom stereocenters. The molecule has 0 aromatic carbocycles. The van der Waals surface area contributed by atoms with Crippen LogP contribution >= 0.6 is 0 Å². The summed E-state index contributed by atoms with van der Waals surface area (Å²) >= 11 is 0. The van der Waals surface area contributed by atoms with Crippen molar-refractivity contribution < 1.29 is 28.4 Å². The lowest BCUT2D eigenvalue weighted by Gasteiger charge is -2.41. The first-order valence-electron chi connectivity index (χ1n) is 14.4. The fraction of sp³-hybridized carbons (Fsp3) is 0.312. The molecule has 234 valence electrons. The lowest BCUT2D eigenvalue weighted by Crippen LogP contribution is -2.54. The number of carbonyl (C=O) groups is 3. The third-order valence-electron chi connectivity index (χ3n) is 7.80. The van der Waals surface area contributed by atoms with Gasteiger partial charge >= 0.3 is 5.69 Å². The molecule has 13 heteroatoms. The van der Waals surface area contributed by atoms with E-state index in [9.17, 15) is 24.4 Å². The Morgan fingerprint density at radius 3 is 2.51 bits per heavy atom. The quantitative estimate of drug-likeness (QED) is 0.495. The number of allylic oxidation sites excluding steroid dienone is 7. The Hall–Kier alpha value is -5.04. The van der Waals surface area contributed by atoms with E-state index in [0.29, 0.717) is 22.0 Å². The molecule has 4 heterocycles. The molecule has 2 aromatic rings. The van der Waals surface area contributed by atoms with E-state index >= 15 is 8.78 Å². The third-order valence-corrected chi connectivity index (χ3v) is 7.80. The van der Waals surface area contributed by atoms with Crippen LogP contribution in [0, 0.1) is 6.92 Å². The molecule has 0 radical (unpaired) electrons. The molecular formula is C32H32F2N6O5. The van der Waals surface area contributed by atoms with Crippen molar-refractivity contribution >= 4 is 35.2 Å². The second-order valence-corrected chi connectivity index (χ2v) is 11.3. The molecule has 0 bridgehead atoms. The van der Waals surface area contributed by atoms with E-state index in [1.165, 1.54) is 30.1 Å². The number of anilines is 2. The van der Waals surface area contributed by atoms with Crippen LogP contribution in [0.5, 0.6) is 0 Å². The molecule has 11 nitrogen and oxygen atoms in total. The van der Waals surface area contributed by atoms with Gasteiger partial charge in [-0.3, -0.25) is 24.6 Å². The Kier molecular flexibility index (Phi) is 8.48. The minimum atomic E-state index is -1.12. The van der Waals surface area contributed by atoms with Gasteiger partial charge in [-0.15, -0.1) is 0 Å². The van der Waals surface area contributed by atoms with Crippen molar-refractivity contribution in [2.75, 3.05) is 29.6 Å². The maximum atomic E-state index is 16.0. The lowest BCUT2D eigenvalue weighted by molar-refractivity contribution is -0.127. The number of pyridine rings is 1. The van der Waals surface area contributed by atoms with Crippen molar-refractivity contribution in [1.82, 2.24) is 19.4 Å². The lowest BCUT2D eigenvalue weighted by atomic mass is 9.98. The van der Waals surface area contributed by atoms with Gasteiger partial charge in [-0.25, -0.2) is 23.2 Å². The van der Waals surface area contributed by atoms with Crippen molar-refractivity contribution in [1.29, 1.82) is 0 Å². The van der Waals surface area contributed by atoms with E-state index in [2.05, 4.69) is 9.97 Å². The van der Waals surface area contributed by atoms with E-state index in [-0.39, 0.29) is 54.4 Å². The summed E-state index contributed by atoms with van der Waals surface area (Å²) in [5.74, 6) is -4.08. The number of aromatic nitrogens is 3. The number of nitrogens with zero attached hydrogens (tertiary/aromatic N) is 6. The second-order valence-electron chi connectivity index (χ2n) is 11.3. The van der Waals surface area contributed by atoms with Crippen LogP contribution in [0.3, 0.4) is 0 Å². The highest BCUT2D eigenvalue weighted by Gasteiger charge is 2.38. The van der Waals surface area contributed by atoms with Crippen molar-refractivity contribution in [3.63, 3.8) is 0 Å². The van der Waals surface area contributed by atoms with E-state index in [1.807, 2.05) is 13.8 Å². The molecule has 1 atom stereocenters. The second kappa shape index (κ2) is 12.2. The number of aryl methyl sites for hydroxylation is 1. The molecular weight excluding hydrogens is 586 g/mol. The summed E-state index contributed by atoms with van der Waals surface area (Å²) in [6, 6.07) is 1.24. The molecule has 5 rings (SSSR count). The van der Waals surface area contributed by atoms with E-state index in [0.717, 1.165) is 22.8 Å². The zero-order chi connectivity index (χ0) is 32.7. The highest BCUT2D eigenvalue weighted by molar-refractivity contribution is 6.10. The SMILES string of the molecule is CC(=O)/C=C/C(=O)N1CCN(c2nc(=O)n(-c3c(C)ccnc3C(C)C)c3c2C=C(F)/C(=C2/C(=O)C=CC=C2F)N3O)[C@@H](C)C1. The van der Waals surface area contributed by atoms with Gasteiger partial charge in [0.15, 0.2) is 23.2 Å². The van der Waals surface area contributed by atoms with Crippen LogP contribution in [0.2, 0.25) is 0 Å². The number of carbonyl (C=O) groups excluding carboxylic acids is 3. The zero-order valence-electron chi connectivity index (χ0n) is 25.4. The number of piperazine rings is 1. The fourth-order valence-corrected chi connectivity index (χ4v) is 5.68. The number of hydrogen-bond donors (Lipinski definition) is 1. The minimum Gasteiger partial charge on any atom is -0.350 e. The summed E-state index contributed by atoms with van der Waals surface area (Å²) in [6.45, 7) is 9.19. The molecule has 0 saturated carbocycles. The normalized spacial score (nSPS) is 20.2. The Balaban J connectivity index is 1.74. The number of fused-ring (bicyclic) bond motifs is 1. The van der Waals surface area contributed by atoms with E-state index < -0.39 is 40.4 Å². The number of rotatable bonds is 5. The van der Waals surface area contributed by atoms with Crippen LogP contribution in [0.4, 0.5) is 20.4 Å². The maximum Gasteiger partial charge on any atom is 0.355 e. The predicted molar refractivity (Wildman–Crippen MR) is 163 cm³/mol. The van der Waals surface area contributed by atoms with Crippen molar-refractivity contribution in [2.24, 2.45) is 0 Å². The standard InChI is InChI=1S/C32H32F2N6O5/c1-17(2)27-28(18(3)11-12-35-27)39-31-21(15-23(34)29(40(31)45)26-22(33)7-6-8-24(26)42)30(36-32(39)44)38-14-13-37(16-19(38)4)25(43)10-9-20(5)41/h6-12,15,17,19,45H,13-14,16H2,1-5H3/b10-9+,29-26-/t19-/m0/s1. The van der Waals surface area contributed by atoms with Crippen LogP contribution in [0.25, 0.3) is 11.8 Å². The molecule has 1 saturated heterocycles. The highest BCUT2D eigenvalue weighted by Crippen LogP contribution is 2.43. The van der Waals surface area contributed by atoms with Crippen molar-refractivity contribution in [2.45, 2.75) is 46.6 Å². The van der Waals surface area contributed by atoms with E-state index in [4.69, 9.17) is 0 Å². The molecule has 2 aromatic heterocycles. The summed E-state index contributed by atoms with van der Waals surface area (Å²) in [6.07, 6.45) is 8.17. The van der Waals surface area contributed by atoms with Crippen LogP contribution in [0.1, 0.15) is 50.4 Å². The number of amides is 1. The smallest absolute Gasteiger partial charge is 0.350 e. The molecule has 1 amide bonds. The topological polar surface area (TPSA) is 129 Å². The van der Waals surface area contributed by atoms with Gasteiger partial charge in [-0.2, -0.15) is 4.98 Å². The molecule has 1 fully saturated rings. The van der Waals surface area contributed by atoms with Crippen LogP contribution < -0.4 is 15.7 Å². The summed E-state index contributed by atoms with van der Waals surface area (Å²) in [4.78, 5) is 62.8. The van der Waals surface area contributed by atoms with Crippen LogP contribution in [-0.4, -0.2) is 67.8 Å². The first-order chi connectivity index (χ1) is 21.3. The molecule has 2 aliphatic heterocycles. The van der Waals surface area contributed by atoms with Gasteiger partial charge in [-0.05, 0) is 62.6 Å². The number of ketones is 2. The van der Waals surface area contributed by atoms with Crippen molar-refractivity contribution in [3.05, 3.63) is 92.9 Å². The van der Waals surface area contributed by atoms with Gasteiger partial charge in [0.05, 0.1) is 22.5 Å². The van der Waals surface area contributed by atoms with Gasteiger partial charge in [0, 0.05) is 37.9 Å². The summed E-state index contributed by atoms with van der Waals surface area (Å²) in [5.41, 5.74) is -0.893. The fourth-order valence-electron chi connectivity index (χ4n) is 5.68. The first-order valence-corrected chi connectivity index (χ1v) is 14.4. The summed E-state index contributed by atoms with van der Waals surface area (Å²) in [5, 5.41) is 12.0. The van der Waals surface area contributed by atoms with Gasteiger partial charge in [-0.1, -0.05) is 19.9 Å². The average molecular weight is 619 g/mol. The molecule has 45 heavy (non-hydrogen) atoms. The van der Waals surface area contributed by atoms with Crippen molar-refractivity contribution in [3.8, 4) is 5.69 Å². The summed E-state index contributed by atoms with van der Waals surface area (Å²) in [7, 11) is 0. The summed E-state index contributed by atoms with van der Waals surface area (Å²) < 4.78 is 32.1. The average Bonchev–Trinajstić information content (AvgIpc) is 2.97. The van der Waals surface area contributed by atoms with E-state index in [1.54, 1.807) is 31.0 Å². The van der Waals surface area contributed by atoms with Crippen LogP contribution in [-0.2, 0) is 14.4 Å². The third kappa shape index (κ3) is 5.66. The van der Waals surface area contributed by atoms with Crippen LogP contribution in [0.15, 0.2) is 70.4 Å².